The van der Waals surface area contributed by atoms with Crippen LogP contribution in [0.1, 0.15) is 33.3 Å². The molecule has 0 spiro atoms. The van der Waals surface area contributed by atoms with E-state index < -0.39 is 23.2 Å². The van der Waals surface area contributed by atoms with Gasteiger partial charge in [0.05, 0.1) is 10.0 Å². The van der Waals surface area contributed by atoms with E-state index in [1.54, 1.807) is 32.9 Å². The van der Waals surface area contributed by atoms with Gasteiger partial charge >= 0.3 is 12.1 Å². The van der Waals surface area contributed by atoms with E-state index in [-0.39, 0.29) is 15.6 Å². The van der Waals surface area contributed by atoms with E-state index in [1.807, 2.05) is 0 Å². The van der Waals surface area contributed by atoms with E-state index in [9.17, 15) is 14.7 Å². The minimum Gasteiger partial charge on any atom is -0.479 e. The zero-order valence-electron chi connectivity index (χ0n) is 13.1. The Morgan fingerprint density at radius 1 is 1.18 bits per heavy atom. The Morgan fingerprint density at radius 2 is 1.73 bits per heavy atom. The van der Waals surface area contributed by atoms with Crippen LogP contribution in [0.25, 0.3) is 0 Å². The van der Waals surface area contributed by atoms with Crippen molar-refractivity contribution >= 4 is 35.3 Å². The monoisotopic (exact) mass is 347 g/mol. The lowest BCUT2D eigenvalue weighted by Crippen LogP contribution is -2.52. The fraction of sp³-hybridized carbons (Fsp3) is 0.467. The lowest BCUT2D eigenvalue weighted by atomic mass is 9.90. The number of halogens is 2. The summed E-state index contributed by atoms with van der Waals surface area (Å²) in [5, 5.41) is 9.97. The van der Waals surface area contributed by atoms with Gasteiger partial charge < -0.3 is 9.84 Å². The Labute approximate surface area is 139 Å². The number of aliphatic carboxylic acids is 1. The highest BCUT2D eigenvalue weighted by Crippen LogP contribution is 2.37. The summed E-state index contributed by atoms with van der Waals surface area (Å²) < 4.78 is 5.24. The molecule has 0 saturated carbocycles. The molecular weight excluding hydrogens is 329 g/mol. The molecule has 0 saturated heterocycles. The van der Waals surface area contributed by atoms with E-state index in [2.05, 4.69) is 0 Å². The topological polar surface area (TPSA) is 66.8 Å². The van der Waals surface area contributed by atoms with Crippen molar-refractivity contribution in [1.82, 2.24) is 4.90 Å². The van der Waals surface area contributed by atoms with Gasteiger partial charge in [-0.2, -0.15) is 0 Å². The van der Waals surface area contributed by atoms with Crippen molar-refractivity contribution in [3.05, 3.63) is 33.8 Å². The molecule has 1 unspecified atom stereocenters. The molecule has 0 radical (unpaired) electrons. The first kappa shape index (κ1) is 18.6. The second-order valence-electron chi connectivity index (χ2n) is 6.02. The molecule has 1 aromatic carbocycles. The third kappa shape index (κ3) is 3.65. The number of hydrogen-bond acceptors (Lipinski definition) is 3. The van der Waals surface area contributed by atoms with E-state index in [4.69, 9.17) is 27.9 Å². The molecule has 0 aromatic heterocycles. The van der Waals surface area contributed by atoms with Crippen molar-refractivity contribution in [2.45, 2.75) is 38.8 Å². The maximum atomic E-state index is 12.2. The van der Waals surface area contributed by atoms with Crippen LogP contribution in [-0.4, -0.2) is 34.7 Å². The summed E-state index contributed by atoms with van der Waals surface area (Å²) in [6.45, 7) is 6.46. The highest BCUT2D eigenvalue weighted by molar-refractivity contribution is 6.42. The number of rotatable bonds is 3. The van der Waals surface area contributed by atoms with Gasteiger partial charge in [-0.05, 0) is 33.8 Å². The first-order valence-electron chi connectivity index (χ1n) is 6.56. The lowest BCUT2D eigenvalue weighted by Gasteiger charge is -2.37. The van der Waals surface area contributed by atoms with Crippen LogP contribution in [0.5, 0.6) is 0 Å². The molecule has 22 heavy (non-hydrogen) atoms. The van der Waals surface area contributed by atoms with Gasteiger partial charge in [-0.25, -0.2) is 9.59 Å². The molecule has 122 valence electrons. The van der Waals surface area contributed by atoms with Gasteiger partial charge in [-0.1, -0.05) is 35.3 Å². The highest BCUT2D eigenvalue weighted by Gasteiger charge is 2.45. The maximum absolute atomic E-state index is 12.2. The predicted molar refractivity (Wildman–Crippen MR) is 85.4 cm³/mol. The molecular formula is C15H19Cl2NO4. The van der Waals surface area contributed by atoms with Gasteiger partial charge in [0.15, 0.2) is 5.54 Å². The first-order valence-corrected chi connectivity index (χ1v) is 7.31. The summed E-state index contributed by atoms with van der Waals surface area (Å²) in [7, 11) is 1.35. The summed E-state index contributed by atoms with van der Waals surface area (Å²) in [4.78, 5) is 25.1. The van der Waals surface area contributed by atoms with E-state index in [0.717, 1.165) is 4.90 Å². The number of carbonyl (C=O) groups is 2. The molecule has 0 bridgehead atoms. The van der Waals surface area contributed by atoms with Crippen LogP contribution in [0.3, 0.4) is 0 Å². The summed E-state index contributed by atoms with van der Waals surface area (Å²) in [6.07, 6.45) is -0.770. The van der Waals surface area contributed by atoms with Gasteiger partial charge in [0.25, 0.3) is 0 Å². The van der Waals surface area contributed by atoms with Gasteiger partial charge in [-0.3, -0.25) is 4.90 Å². The number of nitrogens with zero attached hydrogens (tertiary/aromatic N) is 1. The number of likely N-dealkylation sites (N-methyl/N-ethyl adjacent to an activating group) is 1. The van der Waals surface area contributed by atoms with Crippen LogP contribution >= 0.6 is 23.2 Å². The van der Waals surface area contributed by atoms with Crippen molar-refractivity contribution in [2.24, 2.45) is 0 Å². The summed E-state index contributed by atoms with van der Waals surface area (Å²) >= 11 is 12.1. The molecule has 1 aromatic rings. The number of amides is 1. The maximum Gasteiger partial charge on any atom is 0.411 e. The molecule has 1 rings (SSSR count). The van der Waals surface area contributed by atoms with Crippen molar-refractivity contribution < 1.29 is 19.4 Å². The summed E-state index contributed by atoms with van der Waals surface area (Å²) in [5.74, 6) is -1.25. The fourth-order valence-corrected chi connectivity index (χ4v) is 2.32. The second kappa shape index (κ2) is 6.34. The second-order valence-corrected chi connectivity index (χ2v) is 6.80. The van der Waals surface area contributed by atoms with Gasteiger partial charge in [0, 0.05) is 12.6 Å². The van der Waals surface area contributed by atoms with Crippen LogP contribution in [-0.2, 0) is 15.1 Å². The van der Waals surface area contributed by atoms with Crippen LogP contribution in [0.2, 0.25) is 10.0 Å². The Morgan fingerprint density at radius 3 is 2.18 bits per heavy atom. The molecule has 0 fully saturated rings. The van der Waals surface area contributed by atoms with E-state index in [0.29, 0.717) is 0 Å². The Kier molecular flexibility index (Phi) is 5.36. The number of carbonyl (C=O) groups excluding carboxylic acids is 1. The third-order valence-electron chi connectivity index (χ3n) is 3.23. The summed E-state index contributed by atoms with van der Waals surface area (Å²) in [5.41, 5.74) is -2.25. The van der Waals surface area contributed by atoms with Crippen LogP contribution in [0.4, 0.5) is 4.79 Å². The molecule has 1 N–H and O–H groups in total. The fourth-order valence-electron chi connectivity index (χ4n) is 1.83. The minimum atomic E-state index is -1.72. The smallest absolute Gasteiger partial charge is 0.411 e. The SMILES string of the molecule is CN(C(=O)OC(C)(C)C)C(C)(C(=O)O)c1cccc(Cl)c1Cl. The van der Waals surface area contributed by atoms with Crippen LogP contribution in [0.15, 0.2) is 18.2 Å². The number of benzene rings is 1. The molecule has 5 nitrogen and oxygen atoms in total. The number of carboxylic acids is 1. The standard InChI is InChI=1S/C15H19Cl2NO4/c1-14(2,3)22-13(21)18(5)15(4,12(19)20)9-7-6-8-10(16)11(9)17/h6-8H,1-5H3,(H,19,20). The molecule has 1 atom stereocenters. The van der Waals surface area contributed by atoms with E-state index >= 15 is 0 Å². The predicted octanol–water partition coefficient (Wildman–Crippen LogP) is 4.16. The number of carboxylic acid groups (broad SMARTS) is 1. The van der Waals surface area contributed by atoms with Crippen LogP contribution in [0, 0.1) is 0 Å². The zero-order chi connectivity index (χ0) is 17.3. The van der Waals surface area contributed by atoms with Gasteiger partial charge in [-0.15, -0.1) is 0 Å². The van der Waals surface area contributed by atoms with Crippen molar-refractivity contribution in [3.63, 3.8) is 0 Å². The van der Waals surface area contributed by atoms with Gasteiger partial charge in [0.2, 0.25) is 0 Å². The van der Waals surface area contributed by atoms with Gasteiger partial charge in [0.1, 0.15) is 5.60 Å². The molecule has 0 aliphatic rings. The lowest BCUT2D eigenvalue weighted by molar-refractivity contribution is -0.150. The Hall–Kier alpha value is -1.46. The molecule has 0 aliphatic carbocycles. The normalized spacial score (nSPS) is 14.1. The quantitative estimate of drug-likeness (QED) is 0.891. The van der Waals surface area contributed by atoms with Crippen molar-refractivity contribution in [2.75, 3.05) is 7.05 Å². The average molecular weight is 348 g/mol. The van der Waals surface area contributed by atoms with Crippen molar-refractivity contribution in [1.29, 1.82) is 0 Å². The number of ether oxygens (including phenoxy) is 1. The largest absolute Gasteiger partial charge is 0.479 e. The average Bonchev–Trinajstić information content (AvgIpc) is 2.38. The molecule has 0 heterocycles. The molecule has 1 amide bonds. The highest BCUT2D eigenvalue weighted by atomic mass is 35.5. The summed E-state index contributed by atoms with van der Waals surface area (Å²) in [6, 6.07) is 4.64. The third-order valence-corrected chi connectivity index (χ3v) is 4.05. The Bertz CT molecular complexity index is 598. The Balaban J connectivity index is 3.35. The first-order chi connectivity index (χ1) is 9.91. The van der Waals surface area contributed by atoms with E-state index in [1.165, 1.54) is 20.0 Å². The minimum absolute atomic E-state index is 0.0875. The zero-order valence-corrected chi connectivity index (χ0v) is 14.6. The molecule has 7 heteroatoms. The molecule has 0 aliphatic heterocycles. The van der Waals surface area contributed by atoms with Crippen LogP contribution < -0.4 is 0 Å². The van der Waals surface area contributed by atoms with Crippen molar-refractivity contribution in [3.8, 4) is 0 Å². The number of hydrogen-bond donors (Lipinski definition) is 1.